The van der Waals surface area contributed by atoms with Crippen LogP contribution in [0.4, 0.5) is 11.4 Å². The van der Waals surface area contributed by atoms with Crippen LogP contribution in [-0.2, 0) is 4.79 Å². The Balaban J connectivity index is 1.57. The Morgan fingerprint density at radius 3 is 2.52 bits per heavy atom. The van der Waals surface area contributed by atoms with E-state index in [-0.39, 0.29) is 11.9 Å². The molecule has 4 nitrogen and oxygen atoms in total. The number of hydrogen-bond donors (Lipinski definition) is 2. The highest BCUT2D eigenvalue weighted by Crippen LogP contribution is 2.24. The van der Waals surface area contributed by atoms with Crippen LogP contribution in [-0.4, -0.2) is 31.6 Å². The largest absolute Gasteiger partial charge is 0.372 e. The fourth-order valence-electron chi connectivity index (χ4n) is 3.16. The first-order valence-corrected chi connectivity index (χ1v) is 8.11. The number of carbonyl (C=O) groups excluding carboxylic acids is 1. The van der Waals surface area contributed by atoms with Crippen LogP contribution in [0.25, 0.3) is 0 Å². The summed E-state index contributed by atoms with van der Waals surface area (Å²) in [6.45, 7) is 5.55. The van der Waals surface area contributed by atoms with Gasteiger partial charge in [-0.1, -0.05) is 6.92 Å². The molecule has 2 N–H and O–H groups in total. The van der Waals surface area contributed by atoms with Crippen LogP contribution in [0.3, 0.4) is 0 Å². The minimum absolute atomic E-state index is 0.0201. The first kappa shape index (κ1) is 14.4. The van der Waals surface area contributed by atoms with Gasteiger partial charge in [0.2, 0.25) is 5.91 Å². The van der Waals surface area contributed by atoms with Crippen molar-refractivity contribution in [1.29, 1.82) is 0 Å². The molecule has 1 amide bonds. The second-order valence-electron chi connectivity index (χ2n) is 6.35. The van der Waals surface area contributed by atoms with Crippen LogP contribution in [0.5, 0.6) is 0 Å². The smallest absolute Gasteiger partial charge is 0.241 e. The first-order valence-electron chi connectivity index (χ1n) is 8.11. The molecule has 2 heterocycles. The molecule has 0 radical (unpaired) electrons. The second kappa shape index (κ2) is 6.48. The van der Waals surface area contributed by atoms with Gasteiger partial charge >= 0.3 is 0 Å². The molecule has 2 aliphatic heterocycles. The Morgan fingerprint density at radius 1 is 1.19 bits per heavy atom. The lowest BCUT2D eigenvalue weighted by molar-refractivity contribution is -0.117. The maximum Gasteiger partial charge on any atom is 0.241 e. The Hall–Kier alpha value is -1.55. The minimum atomic E-state index is -0.0201. The van der Waals surface area contributed by atoms with Crippen molar-refractivity contribution < 1.29 is 4.79 Å². The summed E-state index contributed by atoms with van der Waals surface area (Å²) in [5.74, 6) is 0.936. The van der Waals surface area contributed by atoms with E-state index in [0.29, 0.717) is 0 Å². The standard InChI is InChI=1S/C17H25N3O/c1-13-8-11-20(12-9-13)15-6-4-14(5-7-15)19-17(21)16-3-2-10-18-16/h4-7,13,16,18H,2-3,8-12H2,1H3,(H,19,21)/t16-/m1/s1. The normalized spacial score (nSPS) is 23.3. The highest BCUT2D eigenvalue weighted by molar-refractivity contribution is 5.95. The topological polar surface area (TPSA) is 44.4 Å². The van der Waals surface area contributed by atoms with Crippen molar-refractivity contribution in [2.24, 2.45) is 5.92 Å². The molecule has 1 atom stereocenters. The van der Waals surface area contributed by atoms with Gasteiger partial charge in [0, 0.05) is 24.5 Å². The first-order chi connectivity index (χ1) is 10.2. The summed E-state index contributed by atoms with van der Waals surface area (Å²) in [6.07, 6.45) is 4.57. The van der Waals surface area contributed by atoms with E-state index in [1.165, 1.54) is 18.5 Å². The zero-order valence-electron chi connectivity index (χ0n) is 12.8. The molecule has 21 heavy (non-hydrogen) atoms. The third kappa shape index (κ3) is 3.56. The lowest BCUT2D eigenvalue weighted by Gasteiger charge is -2.32. The summed E-state index contributed by atoms with van der Waals surface area (Å²) >= 11 is 0. The van der Waals surface area contributed by atoms with E-state index in [0.717, 1.165) is 44.1 Å². The van der Waals surface area contributed by atoms with Gasteiger partial charge in [0.15, 0.2) is 0 Å². The molecular formula is C17H25N3O. The highest BCUT2D eigenvalue weighted by atomic mass is 16.2. The molecule has 2 saturated heterocycles. The Labute approximate surface area is 126 Å². The van der Waals surface area contributed by atoms with Crippen molar-refractivity contribution in [1.82, 2.24) is 5.32 Å². The molecule has 0 aromatic heterocycles. The second-order valence-corrected chi connectivity index (χ2v) is 6.35. The molecule has 1 aromatic rings. The minimum Gasteiger partial charge on any atom is -0.372 e. The number of nitrogens with one attached hydrogen (secondary N) is 2. The SMILES string of the molecule is CC1CCN(c2ccc(NC(=O)[C@H]3CCCN3)cc2)CC1. The lowest BCUT2D eigenvalue weighted by Crippen LogP contribution is -2.35. The fraction of sp³-hybridized carbons (Fsp3) is 0.588. The van der Waals surface area contributed by atoms with Crippen molar-refractivity contribution >= 4 is 17.3 Å². The van der Waals surface area contributed by atoms with E-state index in [9.17, 15) is 4.79 Å². The van der Waals surface area contributed by atoms with Crippen LogP contribution in [0.1, 0.15) is 32.6 Å². The average Bonchev–Trinajstić information content (AvgIpc) is 3.03. The Kier molecular flexibility index (Phi) is 4.44. The van der Waals surface area contributed by atoms with Crippen molar-refractivity contribution in [3.05, 3.63) is 24.3 Å². The number of nitrogens with zero attached hydrogens (tertiary/aromatic N) is 1. The zero-order valence-corrected chi connectivity index (χ0v) is 12.8. The molecule has 0 aliphatic carbocycles. The van der Waals surface area contributed by atoms with E-state index >= 15 is 0 Å². The molecule has 0 saturated carbocycles. The van der Waals surface area contributed by atoms with E-state index in [2.05, 4.69) is 34.6 Å². The number of anilines is 2. The van der Waals surface area contributed by atoms with Crippen molar-refractivity contribution in [3.63, 3.8) is 0 Å². The summed E-state index contributed by atoms with van der Waals surface area (Å²) in [4.78, 5) is 14.5. The number of amides is 1. The highest BCUT2D eigenvalue weighted by Gasteiger charge is 2.22. The molecule has 4 heteroatoms. The predicted molar refractivity (Wildman–Crippen MR) is 86.7 cm³/mol. The third-order valence-corrected chi connectivity index (χ3v) is 4.66. The summed E-state index contributed by atoms with van der Waals surface area (Å²) in [5.41, 5.74) is 2.15. The number of piperidine rings is 1. The van der Waals surface area contributed by atoms with Crippen LogP contribution in [0.2, 0.25) is 0 Å². The number of hydrogen-bond acceptors (Lipinski definition) is 3. The van der Waals surface area contributed by atoms with Crippen LogP contribution in [0.15, 0.2) is 24.3 Å². The van der Waals surface area contributed by atoms with Gasteiger partial charge in [0.05, 0.1) is 6.04 Å². The molecule has 3 rings (SSSR count). The molecule has 114 valence electrons. The van der Waals surface area contributed by atoms with Gasteiger partial charge in [0.25, 0.3) is 0 Å². The van der Waals surface area contributed by atoms with Crippen LogP contribution < -0.4 is 15.5 Å². The molecular weight excluding hydrogens is 262 g/mol. The molecule has 0 spiro atoms. The van der Waals surface area contributed by atoms with E-state index in [1.54, 1.807) is 0 Å². The fourth-order valence-corrected chi connectivity index (χ4v) is 3.16. The number of carbonyl (C=O) groups is 1. The van der Waals surface area contributed by atoms with Gasteiger partial charge < -0.3 is 15.5 Å². The molecule has 2 fully saturated rings. The van der Waals surface area contributed by atoms with Gasteiger partial charge in [0.1, 0.15) is 0 Å². The van der Waals surface area contributed by atoms with Gasteiger partial charge in [-0.25, -0.2) is 0 Å². The predicted octanol–water partition coefficient (Wildman–Crippen LogP) is 2.61. The summed E-state index contributed by atoms with van der Waals surface area (Å²) in [5, 5.41) is 6.22. The molecule has 0 unspecified atom stereocenters. The van der Waals surface area contributed by atoms with Gasteiger partial charge in [-0.3, -0.25) is 4.79 Å². The van der Waals surface area contributed by atoms with E-state index in [4.69, 9.17) is 0 Å². The maximum absolute atomic E-state index is 12.1. The molecule has 1 aromatic carbocycles. The summed E-state index contributed by atoms with van der Waals surface area (Å²) < 4.78 is 0. The Bertz CT molecular complexity index is 471. The number of rotatable bonds is 3. The van der Waals surface area contributed by atoms with Gasteiger partial charge in [-0.15, -0.1) is 0 Å². The maximum atomic E-state index is 12.1. The quantitative estimate of drug-likeness (QED) is 0.898. The summed E-state index contributed by atoms with van der Waals surface area (Å²) in [6, 6.07) is 8.25. The summed E-state index contributed by atoms with van der Waals surface area (Å²) in [7, 11) is 0. The number of benzene rings is 1. The lowest BCUT2D eigenvalue weighted by atomic mass is 9.99. The van der Waals surface area contributed by atoms with Crippen molar-refractivity contribution in [2.45, 2.75) is 38.6 Å². The Morgan fingerprint density at radius 2 is 1.90 bits per heavy atom. The van der Waals surface area contributed by atoms with Gasteiger partial charge in [-0.05, 0) is 62.4 Å². The molecule has 0 bridgehead atoms. The molecule has 2 aliphatic rings. The zero-order chi connectivity index (χ0) is 14.7. The average molecular weight is 287 g/mol. The monoisotopic (exact) mass is 287 g/mol. The van der Waals surface area contributed by atoms with Crippen LogP contribution >= 0.6 is 0 Å². The third-order valence-electron chi connectivity index (χ3n) is 4.66. The van der Waals surface area contributed by atoms with Crippen LogP contribution in [0, 0.1) is 5.92 Å². The van der Waals surface area contributed by atoms with E-state index < -0.39 is 0 Å². The van der Waals surface area contributed by atoms with Crippen molar-refractivity contribution in [2.75, 3.05) is 29.9 Å². The van der Waals surface area contributed by atoms with Crippen molar-refractivity contribution in [3.8, 4) is 0 Å². The van der Waals surface area contributed by atoms with Gasteiger partial charge in [-0.2, -0.15) is 0 Å². The van der Waals surface area contributed by atoms with E-state index in [1.807, 2.05) is 12.1 Å².